The smallest absolute Gasteiger partial charge is 0.152 e. The molecule has 0 aliphatic rings. The lowest BCUT2D eigenvalue weighted by atomic mass is 10.2. The maximum Gasteiger partial charge on any atom is 0.152 e. The van der Waals surface area contributed by atoms with Crippen molar-refractivity contribution in [2.24, 2.45) is 0 Å². The fourth-order valence-electron chi connectivity index (χ4n) is 1.47. The average molecular weight is 216 g/mol. The maximum atomic E-state index is 4.41. The van der Waals surface area contributed by atoms with E-state index in [0.717, 1.165) is 24.5 Å². The Kier molecular flexibility index (Phi) is 3.31. The highest BCUT2D eigenvalue weighted by molar-refractivity contribution is 5.32. The molecule has 16 heavy (non-hydrogen) atoms. The van der Waals surface area contributed by atoms with Crippen LogP contribution in [0.4, 0.5) is 0 Å². The third kappa shape index (κ3) is 2.46. The molecule has 0 atom stereocenters. The zero-order chi connectivity index (χ0) is 11.4. The van der Waals surface area contributed by atoms with Crippen LogP contribution in [0.5, 0.6) is 0 Å². The van der Waals surface area contributed by atoms with Gasteiger partial charge in [-0.3, -0.25) is 0 Å². The number of hydrogen-bond acceptors (Lipinski definition) is 3. The predicted octanol–water partition coefficient (Wildman–Crippen LogP) is 1.34. The number of aromatic nitrogens is 3. The molecular formula is C12H16N4. The largest absolute Gasteiger partial charge is 0.319 e. The lowest BCUT2D eigenvalue weighted by Crippen LogP contribution is -2.11. The highest BCUT2D eigenvalue weighted by atomic mass is 15.3. The van der Waals surface area contributed by atoms with Crippen LogP contribution in [-0.4, -0.2) is 28.4 Å². The van der Waals surface area contributed by atoms with Gasteiger partial charge < -0.3 is 5.32 Å². The number of nitrogens with zero attached hydrogens (tertiary/aromatic N) is 3. The topological polar surface area (TPSA) is 42.7 Å². The molecule has 2 aromatic rings. The van der Waals surface area contributed by atoms with Crippen LogP contribution in [0.25, 0.3) is 5.69 Å². The van der Waals surface area contributed by atoms with E-state index in [1.165, 1.54) is 5.56 Å². The van der Waals surface area contributed by atoms with Crippen LogP contribution >= 0.6 is 0 Å². The number of hydrogen-bond donors (Lipinski definition) is 1. The molecule has 1 N–H and O–H groups in total. The molecule has 0 unspecified atom stereocenters. The van der Waals surface area contributed by atoms with Crippen LogP contribution in [0.2, 0.25) is 0 Å². The molecule has 0 radical (unpaired) electrons. The summed E-state index contributed by atoms with van der Waals surface area (Å²) in [6, 6.07) is 8.24. The summed E-state index contributed by atoms with van der Waals surface area (Å²) in [5.74, 6) is 0.870. The molecule has 0 saturated carbocycles. The van der Waals surface area contributed by atoms with Crippen LogP contribution in [0.3, 0.4) is 0 Å². The predicted molar refractivity (Wildman–Crippen MR) is 63.7 cm³/mol. The van der Waals surface area contributed by atoms with Gasteiger partial charge in [0, 0.05) is 13.0 Å². The number of nitrogens with one attached hydrogen (secondary N) is 1. The minimum atomic E-state index is 0.857. The Morgan fingerprint density at radius 1 is 1.25 bits per heavy atom. The first-order chi connectivity index (χ1) is 7.79. The van der Waals surface area contributed by atoms with Crippen molar-refractivity contribution in [1.82, 2.24) is 20.1 Å². The van der Waals surface area contributed by atoms with E-state index in [1.807, 2.05) is 23.9 Å². The second kappa shape index (κ2) is 4.90. The Labute approximate surface area is 95.3 Å². The molecule has 0 aliphatic heterocycles. The van der Waals surface area contributed by atoms with E-state index in [-0.39, 0.29) is 0 Å². The van der Waals surface area contributed by atoms with Crippen molar-refractivity contribution in [2.45, 2.75) is 13.3 Å². The van der Waals surface area contributed by atoms with E-state index >= 15 is 0 Å². The molecule has 4 nitrogen and oxygen atoms in total. The molecule has 0 fully saturated rings. The van der Waals surface area contributed by atoms with E-state index in [1.54, 1.807) is 6.33 Å². The zero-order valence-corrected chi connectivity index (χ0v) is 9.64. The van der Waals surface area contributed by atoms with Gasteiger partial charge in [-0.15, -0.1) is 0 Å². The van der Waals surface area contributed by atoms with E-state index in [2.05, 4.69) is 34.5 Å². The monoisotopic (exact) mass is 216 g/mol. The van der Waals surface area contributed by atoms with E-state index in [9.17, 15) is 0 Å². The summed E-state index contributed by atoms with van der Waals surface area (Å²) in [5, 5.41) is 7.50. The first-order valence-corrected chi connectivity index (χ1v) is 5.42. The minimum absolute atomic E-state index is 0.857. The van der Waals surface area contributed by atoms with Gasteiger partial charge in [0.2, 0.25) is 0 Å². The second-order valence-corrected chi connectivity index (χ2v) is 3.79. The first kappa shape index (κ1) is 10.8. The molecule has 0 spiro atoms. The van der Waals surface area contributed by atoms with Crippen molar-refractivity contribution >= 4 is 0 Å². The minimum Gasteiger partial charge on any atom is -0.319 e. The summed E-state index contributed by atoms with van der Waals surface area (Å²) in [7, 11) is 1.93. The van der Waals surface area contributed by atoms with Crippen LogP contribution in [0.1, 0.15) is 11.4 Å². The van der Waals surface area contributed by atoms with Crippen LogP contribution in [0, 0.1) is 6.92 Å². The molecule has 0 aliphatic carbocycles. The zero-order valence-electron chi connectivity index (χ0n) is 9.64. The van der Waals surface area contributed by atoms with Crippen molar-refractivity contribution in [3.8, 4) is 5.69 Å². The molecule has 1 aromatic heterocycles. The summed E-state index contributed by atoms with van der Waals surface area (Å²) in [4.78, 5) is 4.26. The van der Waals surface area contributed by atoms with Crippen molar-refractivity contribution in [1.29, 1.82) is 0 Å². The summed E-state index contributed by atoms with van der Waals surface area (Å²) in [6.07, 6.45) is 2.62. The van der Waals surface area contributed by atoms with Crippen LogP contribution in [0.15, 0.2) is 30.6 Å². The number of aryl methyl sites for hydroxylation is 1. The van der Waals surface area contributed by atoms with Crippen LogP contribution < -0.4 is 5.32 Å². The van der Waals surface area contributed by atoms with Gasteiger partial charge in [0.15, 0.2) is 5.82 Å². The van der Waals surface area contributed by atoms with E-state index in [4.69, 9.17) is 0 Å². The highest BCUT2D eigenvalue weighted by Crippen LogP contribution is 2.07. The van der Waals surface area contributed by atoms with Gasteiger partial charge >= 0.3 is 0 Å². The summed E-state index contributed by atoms with van der Waals surface area (Å²) < 4.78 is 1.81. The van der Waals surface area contributed by atoms with Crippen molar-refractivity contribution in [2.75, 3.05) is 13.6 Å². The molecule has 2 rings (SSSR count). The first-order valence-electron chi connectivity index (χ1n) is 5.42. The standard InChI is InChI=1S/C12H16N4/c1-10-3-5-11(6-4-10)16-9-14-12(15-16)7-8-13-2/h3-6,9,13H,7-8H2,1-2H3. The summed E-state index contributed by atoms with van der Waals surface area (Å²) in [6.45, 7) is 2.97. The summed E-state index contributed by atoms with van der Waals surface area (Å²) in [5.41, 5.74) is 2.30. The molecule has 0 amide bonds. The van der Waals surface area contributed by atoms with Gasteiger partial charge in [-0.25, -0.2) is 9.67 Å². The van der Waals surface area contributed by atoms with E-state index in [0.29, 0.717) is 0 Å². The normalized spacial score (nSPS) is 10.6. The number of likely N-dealkylation sites (N-methyl/N-ethyl adjacent to an activating group) is 1. The summed E-state index contributed by atoms with van der Waals surface area (Å²) >= 11 is 0. The van der Waals surface area contributed by atoms with Gasteiger partial charge in [0.1, 0.15) is 6.33 Å². The van der Waals surface area contributed by atoms with Crippen LogP contribution in [-0.2, 0) is 6.42 Å². The second-order valence-electron chi connectivity index (χ2n) is 3.79. The Morgan fingerprint density at radius 2 is 2.00 bits per heavy atom. The quantitative estimate of drug-likeness (QED) is 0.838. The van der Waals surface area contributed by atoms with Crippen molar-refractivity contribution in [3.05, 3.63) is 42.0 Å². The van der Waals surface area contributed by atoms with Gasteiger partial charge in [-0.1, -0.05) is 17.7 Å². The van der Waals surface area contributed by atoms with Gasteiger partial charge in [-0.05, 0) is 26.1 Å². The molecule has 4 heteroatoms. The molecular weight excluding hydrogens is 200 g/mol. The number of benzene rings is 1. The van der Waals surface area contributed by atoms with E-state index < -0.39 is 0 Å². The lowest BCUT2D eigenvalue weighted by molar-refractivity contribution is 0.745. The Bertz CT molecular complexity index is 444. The molecule has 0 bridgehead atoms. The molecule has 84 valence electrons. The third-order valence-corrected chi connectivity index (χ3v) is 2.44. The van der Waals surface area contributed by atoms with Crippen molar-refractivity contribution < 1.29 is 0 Å². The molecule has 1 aromatic carbocycles. The third-order valence-electron chi connectivity index (χ3n) is 2.44. The lowest BCUT2D eigenvalue weighted by Gasteiger charge is -2.00. The van der Waals surface area contributed by atoms with Gasteiger partial charge in [0.25, 0.3) is 0 Å². The van der Waals surface area contributed by atoms with Gasteiger partial charge in [0.05, 0.1) is 5.69 Å². The Balaban J connectivity index is 2.15. The Hall–Kier alpha value is -1.68. The van der Waals surface area contributed by atoms with Crippen molar-refractivity contribution in [3.63, 3.8) is 0 Å². The average Bonchev–Trinajstić information content (AvgIpc) is 2.76. The maximum absolute atomic E-state index is 4.41. The fraction of sp³-hybridized carbons (Fsp3) is 0.333. The SMILES string of the molecule is CNCCc1ncn(-c2ccc(C)cc2)n1. The number of rotatable bonds is 4. The highest BCUT2D eigenvalue weighted by Gasteiger charge is 2.01. The Morgan fingerprint density at radius 3 is 2.69 bits per heavy atom. The molecule has 0 saturated heterocycles. The fourth-order valence-corrected chi connectivity index (χ4v) is 1.47. The molecule has 1 heterocycles. The van der Waals surface area contributed by atoms with Gasteiger partial charge in [-0.2, -0.15) is 5.10 Å².